The first-order chi connectivity index (χ1) is 6.29. The van der Waals surface area contributed by atoms with E-state index in [0.29, 0.717) is 16.8 Å². The van der Waals surface area contributed by atoms with Crippen LogP contribution >= 0.6 is 11.3 Å². The lowest BCUT2D eigenvalue weighted by molar-refractivity contribution is 0.309. The molecule has 2 N–H and O–H groups in total. The van der Waals surface area contributed by atoms with Gasteiger partial charge in [-0.2, -0.15) is 0 Å². The molecular formula is C8H8N2O2S. The molecule has 0 radical (unpaired) electrons. The normalized spacial score (nSPS) is 10.2. The van der Waals surface area contributed by atoms with E-state index in [9.17, 15) is 0 Å². The van der Waals surface area contributed by atoms with Crippen LogP contribution in [0.5, 0.6) is 5.95 Å². The average molecular weight is 196 g/mol. The molecule has 0 saturated heterocycles. The van der Waals surface area contributed by atoms with E-state index in [4.69, 9.17) is 14.9 Å². The van der Waals surface area contributed by atoms with E-state index in [1.54, 1.807) is 19.2 Å². The molecule has 0 aliphatic carbocycles. The Morgan fingerprint density at radius 2 is 2.38 bits per heavy atom. The van der Waals surface area contributed by atoms with Gasteiger partial charge in [0.2, 0.25) is 0 Å². The van der Waals surface area contributed by atoms with Crippen molar-refractivity contribution in [3.63, 3.8) is 0 Å². The highest BCUT2D eigenvalue weighted by Crippen LogP contribution is 2.27. The zero-order chi connectivity index (χ0) is 9.26. The highest BCUT2D eigenvalue weighted by atomic mass is 32.1. The second-order valence-corrected chi connectivity index (χ2v) is 3.28. The molecule has 2 aromatic rings. The first-order valence-electron chi connectivity index (χ1n) is 3.65. The summed E-state index contributed by atoms with van der Waals surface area (Å²) in [6.45, 7) is 0. The van der Waals surface area contributed by atoms with Gasteiger partial charge in [-0.25, -0.2) is 4.98 Å². The van der Waals surface area contributed by atoms with Crippen molar-refractivity contribution in [3.8, 4) is 17.4 Å². The number of rotatable bonds is 2. The number of aromatic nitrogens is 1. The second-order valence-electron chi connectivity index (χ2n) is 2.39. The van der Waals surface area contributed by atoms with Gasteiger partial charge in [0.15, 0.2) is 10.9 Å². The molecule has 0 aliphatic heterocycles. The topological polar surface area (TPSA) is 61.3 Å². The van der Waals surface area contributed by atoms with Gasteiger partial charge in [-0.15, -0.1) is 11.3 Å². The lowest BCUT2D eigenvalue weighted by Gasteiger charge is -1.90. The van der Waals surface area contributed by atoms with Crippen LogP contribution in [0.15, 0.2) is 21.9 Å². The summed E-state index contributed by atoms with van der Waals surface area (Å²) >= 11 is 1.38. The van der Waals surface area contributed by atoms with Crippen molar-refractivity contribution >= 4 is 16.5 Å². The molecule has 68 valence electrons. The molecule has 0 fully saturated rings. The fraction of sp³-hybridized carbons (Fsp3) is 0.125. The summed E-state index contributed by atoms with van der Waals surface area (Å²) in [5.74, 6) is 1.14. The Morgan fingerprint density at radius 1 is 1.54 bits per heavy atom. The molecule has 0 aromatic carbocycles. The minimum absolute atomic E-state index is 0.474. The average Bonchev–Trinajstić information content (AvgIpc) is 2.71. The zero-order valence-electron chi connectivity index (χ0n) is 6.98. The Hall–Kier alpha value is -1.49. The fourth-order valence-electron chi connectivity index (χ4n) is 0.968. The lowest BCUT2D eigenvalue weighted by Crippen LogP contribution is -1.81. The minimum Gasteiger partial charge on any atom is -0.468 e. The van der Waals surface area contributed by atoms with Gasteiger partial charge in [-0.3, -0.25) is 0 Å². The molecule has 0 amide bonds. The highest BCUT2D eigenvalue weighted by Gasteiger charge is 2.07. The van der Waals surface area contributed by atoms with Gasteiger partial charge in [0.1, 0.15) is 5.69 Å². The maximum atomic E-state index is 5.49. The number of nitrogen functional groups attached to an aromatic ring is 1. The number of nitrogens with zero attached hydrogens (tertiary/aromatic N) is 1. The molecule has 0 spiro atoms. The van der Waals surface area contributed by atoms with Crippen molar-refractivity contribution in [1.82, 2.24) is 4.98 Å². The van der Waals surface area contributed by atoms with Gasteiger partial charge >= 0.3 is 0 Å². The van der Waals surface area contributed by atoms with E-state index in [2.05, 4.69) is 4.98 Å². The monoisotopic (exact) mass is 196 g/mol. The quantitative estimate of drug-likeness (QED) is 0.797. The van der Waals surface area contributed by atoms with Crippen LogP contribution in [0.2, 0.25) is 0 Å². The summed E-state index contributed by atoms with van der Waals surface area (Å²) in [5, 5.41) is 2.37. The first-order valence-corrected chi connectivity index (χ1v) is 4.53. The summed E-state index contributed by atoms with van der Waals surface area (Å²) in [4.78, 5) is 4.08. The number of anilines is 1. The number of nitrogens with two attached hydrogens (primary N) is 1. The molecule has 0 aliphatic rings. The number of ether oxygens (including phenoxy) is 1. The third-order valence-electron chi connectivity index (χ3n) is 1.56. The summed E-state index contributed by atoms with van der Waals surface area (Å²) in [6, 6.07) is 3.54. The van der Waals surface area contributed by atoms with Gasteiger partial charge in [-0.1, -0.05) is 0 Å². The zero-order valence-corrected chi connectivity index (χ0v) is 7.80. The minimum atomic E-state index is 0.474. The van der Waals surface area contributed by atoms with Crippen LogP contribution in [-0.2, 0) is 0 Å². The Bertz CT molecular complexity index is 408. The van der Waals surface area contributed by atoms with Crippen molar-refractivity contribution in [2.45, 2.75) is 0 Å². The Morgan fingerprint density at radius 3 is 2.92 bits per heavy atom. The predicted octanol–water partition coefficient (Wildman–Crippen LogP) is 1.99. The summed E-state index contributed by atoms with van der Waals surface area (Å²) in [5.41, 5.74) is 6.23. The van der Waals surface area contributed by atoms with E-state index in [0.717, 1.165) is 5.69 Å². The molecule has 0 saturated carbocycles. The van der Waals surface area contributed by atoms with E-state index in [-0.39, 0.29) is 0 Å². The maximum absolute atomic E-state index is 5.49. The summed E-state index contributed by atoms with van der Waals surface area (Å²) in [7, 11) is 1.55. The molecule has 0 bridgehead atoms. The van der Waals surface area contributed by atoms with Gasteiger partial charge in [0, 0.05) is 11.4 Å². The maximum Gasteiger partial charge on any atom is 0.284 e. The van der Waals surface area contributed by atoms with E-state index in [1.165, 1.54) is 11.3 Å². The highest BCUT2D eigenvalue weighted by molar-refractivity contribution is 7.13. The van der Waals surface area contributed by atoms with E-state index < -0.39 is 0 Å². The van der Waals surface area contributed by atoms with Crippen molar-refractivity contribution in [2.75, 3.05) is 12.8 Å². The van der Waals surface area contributed by atoms with Gasteiger partial charge in [0.05, 0.1) is 7.11 Å². The van der Waals surface area contributed by atoms with Gasteiger partial charge in [0.25, 0.3) is 5.95 Å². The van der Waals surface area contributed by atoms with Crippen LogP contribution in [0, 0.1) is 0 Å². The smallest absolute Gasteiger partial charge is 0.284 e. The third-order valence-corrected chi connectivity index (χ3v) is 2.23. The molecule has 5 heteroatoms. The molecule has 2 rings (SSSR count). The van der Waals surface area contributed by atoms with Crippen LogP contribution in [0.25, 0.3) is 11.5 Å². The van der Waals surface area contributed by atoms with Crippen LogP contribution < -0.4 is 10.5 Å². The molecule has 2 heterocycles. The van der Waals surface area contributed by atoms with E-state index in [1.807, 2.05) is 5.38 Å². The van der Waals surface area contributed by atoms with Crippen LogP contribution in [-0.4, -0.2) is 12.1 Å². The molecule has 0 unspecified atom stereocenters. The molecule has 13 heavy (non-hydrogen) atoms. The van der Waals surface area contributed by atoms with Crippen LogP contribution in [0.4, 0.5) is 5.13 Å². The van der Waals surface area contributed by atoms with Crippen LogP contribution in [0.1, 0.15) is 0 Å². The standard InChI is InChI=1S/C8H8N2O2S/c1-11-7-3-2-6(12-7)5-4-13-8(9)10-5/h2-4H,1H3,(H2,9,10). The summed E-state index contributed by atoms with van der Waals surface area (Å²) < 4.78 is 10.2. The predicted molar refractivity (Wildman–Crippen MR) is 50.8 cm³/mol. The third kappa shape index (κ3) is 1.50. The Kier molecular flexibility index (Phi) is 1.94. The van der Waals surface area contributed by atoms with Crippen molar-refractivity contribution in [1.29, 1.82) is 0 Å². The summed E-state index contributed by atoms with van der Waals surface area (Å²) in [6.07, 6.45) is 0. The largest absolute Gasteiger partial charge is 0.468 e. The number of hydrogen-bond acceptors (Lipinski definition) is 5. The van der Waals surface area contributed by atoms with Gasteiger partial charge < -0.3 is 14.9 Å². The number of thiazole rings is 1. The van der Waals surface area contributed by atoms with E-state index >= 15 is 0 Å². The first kappa shape index (κ1) is 8.12. The van der Waals surface area contributed by atoms with Crippen LogP contribution in [0.3, 0.4) is 0 Å². The number of hydrogen-bond donors (Lipinski definition) is 1. The molecule has 0 atom stereocenters. The Balaban J connectivity index is 2.35. The molecule has 4 nitrogen and oxygen atoms in total. The molecule has 2 aromatic heterocycles. The van der Waals surface area contributed by atoms with Crippen molar-refractivity contribution < 1.29 is 9.15 Å². The fourth-order valence-corrected chi connectivity index (χ4v) is 1.52. The van der Waals surface area contributed by atoms with Crippen molar-refractivity contribution in [2.24, 2.45) is 0 Å². The van der Waals surface area contributed by atoms with Crippen molar-refractivity contribution in [3.05, 3.63) is 17.5 Å². The number of methoxy groups -OCH3 is 1. The molecular weight excluding hydrogens is 188 g/mol. The second kappa shape index (κ2) is 3.10. The number of furan rings is 1. The van der Waals surface area contributed by atoms with Gasteiger partial charge in [-0.05, 0) is 6.07 Å². The SMILES string of the molecule is COc1ccc(-c2csc(N)n2)o1. The lowest BCUT2D eigenvalue weighted by atomic mass is 10.4. The Labute approximate surface area is 79.0 Å².